The van der Waals surface area contributed by atoms with Gasteiger partial charge in [-0.3, -0.25) is 9.59 Å². The van der Waals surface area contributed by atoms with E-state index in [1.807, 2.05) is 30.3 Å². The second-order valence-corrected chi connectivity index (χ2v) is 5.05. The molecule has 1 aliphatic rings. The summed E-state index contributed by atoms with van der Waals surface area (Å²) < 4.78 is 0. The van der Waals surface area contributed by atoms with E-state index in [1.165, 1.54) is 5.01 Å². The SMILES string of the molecule is CCCCCNC(=O)C1=NN(c2ccccc2)C(=O)CC1. The van der Waals surface area contributed by atoms with E-state index in [9.17, 15) is 9.59 Å². The van der Waals surface area contributed by atoms with Crippen molar-refractivity contribution in [2.24, 2.45) is 5.10 Å². The minimum Gasteiger partial charge on any atom is -0.351 e. The third kappa shape index (κ3) is 4.15. The summed E-state index contributed by atoms with van der Waals surface area (Å²) in [4.78, 5) is 24.0. The number of hydrogen-bond donors (Lipinski definition) is 1. The summed E-state index contributed by atoms with van der Waals surface area (Å²) in [6.07, 6.45) is 3.91. The predicted octanol–water partition coefficient (Wildman–Crippen LogP) is 2.48. The first-order chi connectivity index (χ1) is 10.2. The molecule has 1 aliphatic heterocycles. The highest BCUT2D eigenvalue weighted by Crippen LogP contribution is 2.19. The van der Waals surface area contributed by atoms with Crippen molar-refractivity contribution in [3.63, 3.8) is 0 Å². The summed E-state index contributed by atoms with van der Waals surface area (Å²) in [5, 5.41) is 8.41. The van der Waals surface area contributed by atoms with E-state index in [0.717, 1.165) is 19.3 Å². The Morgan fingerprint density at radius 3 is 2.71 bits per heavy atom. The van der Waals surface area contributed by atoms with Crippen LogP contribution in [0.4, 0.5) is 5.69 Å². The summed E-state index contributed by atoms with van der Waals surface area (Å²) in [5.41, 5.74) is 1.12. The van der Waals surface area contributed by atoms with Crippen LogP contribution in [0.5, 0.6) is 0 Å². The lowest BCUT2D eigenvalue weighted by Gasteiger charge is -2.23. The van der Waals surface area contributed by atoms with Gasteiger partial charge >= 0.3 is 0 Å². The molecule has 5 nitrogen and oxygen atoms in total. The molecule has 0 saturated heterocycles. The quantitative estimate of drug-likeness (QED) is 0.817. The summed E-state index contributed by atoms with van der Waals surface area (Å²) in [5.74, 6) is -0.247. The number of rotatable bonds is 6. The molecule has 21 heavy (non-hydrogen) atoms. The van der Waals surface area contributed by atoms with Gasteiger partial charge in [0, 0.05) is 19.4 Å². The lowest BCUT2D eigenvalue weighted by Crippen LogP contribution is -2.39. The highest BCUT2D eigenvalue weighted by Gasteiger charge is 2.25. The van der Waals surface area contributed by atoms with E-state index in [0.29, 0.717) is 30.8 Å². The summed E-state index contributed by atoms with van der Waals surface area (Å²) in [6.45, 7) is 2.78. The van der Waals surface area contributed by atoms with Gasteiger partial charge in [-0.2, -0.15) is 5.10 Å². The van der Waals surface area contributed by atoms with Gasteiger partial charge in [0.05, 0.1) is 5.69 Å². The molecular formula is C16H21N3O2. The molecule has 112 valence electrons. The summed E-state index contributed by atoms with van der Waals surface area (Å²) >= 11 is 0. The molecule has 0 atom stereocenters. The van der Waals surface area contributed by atoms with Gasteiger partial charge in [-0.25, -0.2) is 5.01 Å². The fourth-order valence-corrected chi connectivity index (χ4v) is 2.17. The maximum atomic E-state index is 12.1. The average Bonchev–Trinajstić information content (AvgIpc) is 2.52. The predicted molar refractivity (Wildman–Crippen MR) is 83.1 cm³/mol. The molecule has 1 aromatic carbocycles. The van der Waals surface area contributed by atoms with Gasteiger partial charge in [-0.15, -0.1) is 0 Å². The lowest BCUT2D eigenvalue weighted by atomic mass is 10.1. The zero-order valence-corrected chi connectivity index (χ0v) is 12.3. The molecule has 2 rings (SSSR count). The number of benzene rings is 1. The van der Waals surface area contributed by atoms with Crippen molar-refractivity contribution < 1.29 is 9.59 Å². The molecule has 5 heteroatoms. The van der Waals surface area contributed by atoms with Crippen LogP contribution in [0, 0.1) is 0 Å². The van der Waals surface area contributed by atoms with Crippen LogP contribution >= 0.6 is 0 Å². The fraction of sp³-hybridized carbons (Fsp3) is 0.438. The van der Waals surface area contributed by atoms with Crippen molar-refractivity contribution >= 4 is 23.2 Å². The molecule has 0 radical (unpaired) electrons. The zero-order valence-electron chi connectivity index (χ0n) is 12.3. The molecule has 0 aromatic heterocycles. The average molecular weight is 287 g/mol. The van der Waals surface area contributed by atoms with Crippen molar-refractivity contribution in [2.75, 3.05) is 11.6 Å². The number of carbonyl (C=O) groups excluding carboxylic acids is 2. The first-order valence-corrected chi connectivity index (χ1v) is 7.46. The van der Waals surface area contributed by atoms with Crippen LogP contribution in [0.15, 0.2) is 35.4 Å². The van der Waals surface area contributed by atoms with Gasteiger partial charge < -0.3 is 5.32 Å². The van der Waals surface area contributed by atoms with Gasteiger partial charge in [-0.05, 0) is 18.6 Å². The van der Waals surface area contributed by atoms with Gasteiger partial charge in [0.2, 0.25) is 5.91 Å². The number of hydrazone groups is 1. The van der Waals surface area contributed by atoms with Crippen LogP contribution in [0.3, 0.4) is 0 Å². The van der Waals surface area contributed by atoms with Crippen molar-refractivity contribution in [3.8, 4) is 0 Å². The van der Waals surface area contributed by atoms with Crippen molar-refractivity contribution in [2.45, 2.75) is 39.0 Å². The molecule has 1 heterocycles. The number of amides is 2. The molecular weight excluding hydrogens is 266 g/mol. The fourth-order valence-electron chi connectivity index (χ4n) is 2.17. The Morgan fingerprint density at radius 1 is 1.24 bits per heavy atom. The molecule has 2 amide bonds. The Labute approximate surface area is 125 Å². The van der Waals surface area contributed by atoms with Gasteiger partial charge in [0.15, 0.2) is 0 Å². The second-order valence-electron chi connectivity index (χ2n) is 5.05. The normalized spacial score (nSPS) is 14.8. The molecule has 0 bridgehead atoms. The van der Waals surface area contributed by atoms with Crippen LogP contribution in [0.2, 0.25) is 0 Å². The van der Waals surface area contributed by atoms with E-state index < -0.39 is 0 Å². The van der Waals surface area contributed by atoms with E-state index in [4.69, 9.17) is 0 Å². The zero-order chi connectivity index (χ0) is 15.1. The Balaban J connectivity index is 2.03. The number of hydrogen-bond acceptors (Lipinski definition) is 3. The highest BCUT2D eigenvalue weighted by atomic mass is 16.2. The number of nitrogens with zero attached hydrogens (tertiary/aromatic N) is 2. The molecule has 0 fully saturated rings. The van der Waals surface area contributed by atoms with Crippen molar-refractivity contribution in [3.05, 3.63) is 30.3 Å². The molecule has 0 unspecified atom stereocenters. The molecule has 1 aromatic rings. The van der Waals surface area contributed by atoms with Gasteiger partial charge in [-0.1, -0.05) is 38.0 Å². The third-order valence-electron chi connectivity index (χ3n) is 3.36. The Kier molecular flexibility index (Phi) is 5.49. The van der Waals surface area contributed by atoms with Crippen LogP contribution in [0.25, 0.3) is 0 Å². The lowest BCUT2D eigenvalue weighted by molar-refractivity contribution is -0.118. The maximum absolute atomic E-state index is 12.1. The number of unbranched alkanes of at least 4 members (excludes halogenated alkanes) is 2. The standard InChI is InChI=1S/C16H21N3O2/c1-2-3-7-12-17-16(21)14-10-11-15(20)19(18-14)13-8-5-4-6-9-13/h4-6,8-9H,2-3,7,10-12H2,1H3,(H,17,21). The summed E-state index contributed by atoms with van der Waals surface area (Å²) in [6, 6.07) is 9.18. The molecule has 0 spiro atoms. The Hall–Kier alpha value is -2.17. The summed E-state index contributed by atoms with van der Waals surface area (Å²) in [7, 11) is 0. The Morgan fingerprint density at radius 2 is 2.00 bits per heavy atom. The van der Waals surface area contributed by atoms with Gasteiger partial charge in [0.1, 0.15) is 5.71 Å². The van der Waals surface area contributed by atoms with E-state index in [1.54, 1.807) is 0 Å². The Bertz CT molecular complexity index is 526. The van der Waals surface area contributed by atoms with Gasteiger partial charge in [0.25, 0.3) is 5.91 Å². The largest absolute Gasteiger partial charge is 0.351 e. The highest BCUT2D eigenvalue weighted by molar-refractivity contribution is 6.40. The van der Waals surface area contributed by atoms with E-state index in [2.05, 4.69) is 17.3 Å². The number of carbonyl (C=O) groups is 2. The van der Waals surface area contributed by atoms with E-state index in [-0.39, 0.29) is 11.8 Å². The first-order valence-electron chi connectivity index (χ1n) is 7.46. The minimum absolute atomic E-state index is 0.0799. The second kappa shape index (κ2) is 7.57. The topological polar surface area (TPSA) is 61.8 Å². The minimum atomic E-state index is -0.167. The molecule has 1 N–H and O–H groups in total. The van der Waals surface area contributed by atoms with E-state index >= 15 is 0 Å². The number of anilines is 1. The number of nitrogens with one attached hydrogen (secondary N) is 1. The van der Waals surface area contributed by atoms with Crippen LogP contribution in [-0.4, -0.2) is 24.1 Å². The van der Waals surface area contributed by atoms with Crippen LogP contribution < -0.4 is 10.3 Å². The van der Waals surface area contributed by atoms with Crippen molar-refractivity contribution in [1.82, 2.24) is 5.32 Å². The van der Waals surface area contributed by atoms with Crippen LogP contribution in [-0.2, 0) is 9.59 Å². The van der Waals surface area contributed by atoms with Crippen LogP contribution in [0.1, 0.15) is 39.0 Å². The smallest absolute Gasteiger partial charge is 0.267 e. The maximum Gasteiger partial charge on any atom is 0.267 e. The molecule has 0 aliphatic carbocycles. The third-order valence-corrected chi connectivity index (χ3v) is 3.36. The first kappa shape index (κ1) is 15.2. The molecule has 0 saturated carbocycles. The van der Waals surface area contributed by atoms with Crippen molar-refractivity contribution in [1.29, 1.82) is 0 Å². The number of para-hydroxylation sites is 1. The monoisotopic (exact) mass is 287 g/mol.